The van der Waals surface area contributed by atoms with E-state index < -0.39 is 22.2 Å². The number of para-hydroxylation sites is 1. The average molecular weight is 414 g/mol. The second kappa shape index (κ2) is 7.58. The second-order valence-electron chi connectivity index (χ2n) is 7.10. The molecule has 0 amide bonds. The molecule has 9 heteroatoms. The molecule has 0 radical (unpaired) electrons. The monoisotopic (exact) mass is 414 g/mol. The predicted molar refractivity (Wildman–Crippen MR) is 108 cm³/mol. The van der Waals surface area contributed by atoms with Gasteiger partial charge in [-0.15, -0.1) is 0 Å². The van der Waals surface area contributed by atoms with Crippen molar-refractivity contribution < 1.29 is 18.3 Å². The molecule has 1 atom stereocenters. The molecule has 29 heavy (non-hydrogen) atoms. The van der Waals surface area contributed by atoms with Gasteiger partial charge in [0.15, 0.2) is 0 Å². The lowest BCUT2D eigenvalue weighted by Crippen LogP contribution is -2.51. The Labute approximate surface area is 169 Å². The molecule has 8 nitrogen and oxygen atoms in total. The summed E-state index contributed by atoms with van der Waals surface area (Å²) in [5.74, 6) is -1.20. The number of aliphatic carboxylic acids is 1. The fraction of sp³-hybridized carbons (Fsp3) is 0.300. The number of carboxylic acid groups (broad SMARTS) is 1. The van der Waals surface area contributed by atoms with Crippen LogP contribution in [0.3, 0.4) is 0 Å². The zero-order valence-corrected chi connectivity index (χ0v) is 16.8. The van der Waals surface area contributed by atoms with Crippen molar-refractivity contribution in [2.24, 2.45) is 0 Å². The van der Waals surface area contributed by atoms with Crippen molar-refractivity contribution in [3.8, 4) is 0 Å². The Balaban J connectivity index is 1.66. The molecular formula is C20H22N4O4S. The Morgan fingerprint density at radius 1 is 1.28 bits per heavy atom. The van der Waals surface area contributed by atoms with E-state index in [1.54, 1.807) is 24.4 Å². The molecule has 2 aromatic heterocycles. The van der Waals surface area contributed by atoms with Crippen molar-refractivity contribution >= 4 is 27.1 Å². The molecule has 1 aliphatic heterocycles. The largest absolute Gasteiger partial charge is 0.480 e. The zero-order valence-electron chi connectivity index (χ0n) is 15.9. The van der Waals surface area contributed by atoms with Crippen LogP contribution in [0.1, 0.15) is 23.9 Å². The van der Waals surface area contributed by atoms with Gasteiger partial charge in [0.1, 0.15) is 6.04 Å². The first kappa shape index (κ1) is 19.6. The molecule has 0 aliphatic carbocycles. The van der Waals surface area contributed by atoms with Crippen molar-refractivity contribution in [1.82, 2.24) is 18.6 Å². The van der Waals surface area contributed by atoms with Gasteiger partial charge >= 0.3 is 5.97 Å². The molecule has 0 bridgehead atoms. The molecule has 3 aromatic rings. The van der Waals surface area contributed by atoms with Crippen LogP contribution in [0.15, 0.2) is 48.7 Å². The van der Waals surface area contributed by atoms with Crippen molar-refractivity contribution in [2.45, 2.75) is 32.5 Å². The molecule has 1 aromatic carbocycles. The number of aromatic nitrogens is 2. The zero-order chi connectivity index (χ0) is 20.6. The van der Waals surface area contributed by atoms with Crippen LogP contribution in [0.25, 0.3) is 10.9 Å². The van der Waals surface area contributed by atoms with Crippen LogP contribution >= 0.6 is 0 Å². The van der Waals surface area contributed by atoms with Crippen LogP contribution in [0.4, 0.5) is 0 Å². The molecule has 3 heterocycles. The number of H-pyrrole nitrogens is 1. The molecule has 1 aliphatic rings. The summed E-state index contributed by atoms with van der Waals surface area (Å²) >= 11 is 0. The van der Waals surface area contributed by atoms with E-state index in [1.165, 1.54) is 11.2 Å². The minimum Gasteiger partial charge on any atom is -0.480 e. The van der Waals surface area contributed by atoms with Gasteiger partial charge in [-0.05, 0) is 37.1 Å². The molecule has 1 unspecified atom stereocenters. The summed E-state index contributed by atoms with van der Waals surface area (Å²) in [5, 5.41) is 10.6. The number of hydrogen-bond donors (Lipinski definition) is 2. The summed E-state index contributed by atoms with van der Waals surface area (Å²) in [5.41, 5.74) is 3.44. The van der Waals surface area contributed by atoms with Gasteiger partial charge in [-0.25, -0.2) is 0 Å². The van der Waals surface area contributed by atoms with E-state index in [4.69, 9.17) is 0 Å². The first-order valence-corrected chi connectivity index (χ1v) is 10.8. The van der Waals surface area contributed by atoms with Gasteiger partial charge in [0.25, 0.3) is 10.2 Å². The van der Waals surface area contributed by atoms with Gasteiger partial charge in [-0.2, -0.15) is 17.0 Å². The lowest BCUT2D eigenvalue weighted by Gasteiger charge is -2.33. The highest BCUT2D eigenvalue weighted by molar-refractivity contribution is 7.86. The van der Waals surface area contributed by atoms with E-state index in [-0.39, 0.29) is 13.1 Å². The van der Waals surface area contributed by atoms with E-state index >= 15 is 0 Å². The van der Waals surface area contributed by atoms with Crippen LogP contribution < -0.4 is 0 Å². The summed E-state index contributed by atoms with van der Waals surface area (Å²) in [6, 6.07) is 11.8. The predicted octanol–water partition coefficient (Wildman–Crippen LogP) is 2.14. The van der Waals surface area contributed by atoms with Crippen LogP contribution in [0.2, 0.25) is 0 Å². The molecule has 0 saturated carbocycles. The maximum absolute atomic E-state index is 13.4. The minimum absolute atomic E-state index is 0.104. The fourth-order valence-electron chi connectivity index (χ4n) is 3.71. The van der Waals surface area contributed by atoms with E-state index in [1.807, 2.05) is 24.3 Å². The molecule has 152 valence electrons. The van der Waals surface area contributed by atoms with E-state index in [0.29, 0.717) is 18.7 Å². The maximum Gasteiger partial charge on any atom is 0.321 e. The van der Waals surface area contributed by atoms with E-state index in [0.717, 1.165) is 26.5 Å². The van der Waals surface area contributed by atoms with Crippen LogP contribution in [-0.4, -0.2) is 50.7 Å². The Morgan fingerprint density at radius 3 is 2.76 bits per heavy atom. The highest BCUT2D eigenvalue weighted by Crippen LogP contribution is 2.30. The van der Waals surface area contributed by atoms with Crippen LogP contribution in [0, 0.1) is 0 Å². The smallest absolute Gasteiger partial charge is 0.321 e. The first-order valence-electron chi connectivity index (χ1n) is 9.36. The average Bonchev–Trinajstić information content (AvgIpc) is 3.10. The number of fused-ring (bicyclic) bond motifs is 3. The minimum atomic E-state index is -4.02. The van der Waals surface area contributed by atoms with Gasteiger partial charge in [-0.1, -0.05) is 24.3 Å². The van der Waals surface area contributed by atoms with Gasteiger partial charge in [0.05, 0.1) is 18.8 Å². The molecule has 0 saturated heterocycles. The summed E-state index contributed by atoms with van der Waals surface area (Å²) in [6.07, 6.45) is 2.13. The van der Waals surface area contributed by atoms with Crippen molar-refractivity contribution in [3.05, 3.63) is 65.6 Å². The number of carboxylic acids is 1. The summed E-state index contributed by atoms with van der Waals surface area (Å²) in [7, 11) is -4.02. The standard InChI is InChI=1S/C20H22N4O4S/c1-14(20(25)26)24(12-15-6-4-5-10-21-15)29(27,28)23-11-9-17-16-7-2-3-8-18(16)22-19(17)13-23/h2-8,10,14,22H,9,11-13H2,1H3,(H,25,26). The van der Waals surface area contributed by atoms with Gasteiger partial charge in [0, 0.05) is 29.3 Å². The molecular weight excluding hydrogens is 392 g/mol. The number of carbonyl (C=O) groups is 1. The summed E-state index contributed by atoms with van der Waals surface area (Å²) < 4.78 is 29.2. The fourth-order valence-corrected chi connectivity index (χ4v) is 5.40. The van der Waals surface area contributed by atoms with Gasteiger partial charge in [0.2, 0.25) is 0 Å². The number of aromatic amines is 1. The molecule has 2 N–H and O–H groups in total. The lowest BCUT2D eigenvalue weighted by molar-refractivity contribution is -0.141. The Morgan fingerprint density at radius 2 is 2.03 bits per heavy atom. The lowest BCUT2D eigenvalue weighted by atomic mass is 10.1. The van der Waals surface area contributed by atoms with Crippen LogP contribution in [-0.2, 0) is 34.5 Å². The molecule has 4 rings (SSSR count). The number of rotatable bonds is 6. The Bertz CT molecular complexity index is 1140. The Hall–Kier alpha value is -2.75. The third kappa shape index (κ3) is 3.64. The second-order valence-corrected chi connectivity index (χ2v) is 8.98. The molecule has 0 fully saturated rings. The number of hydrogen-bond acceptors (Lipinski definition) is 4. The first-order chi connectivity index (χ1) is 13.9. The Kier molecular flexibility index (Phi) is 5.12. The highest BCUT2D eigenvalue weighted by atomic mass is 32.2. The van der Waals surface area contributed by atoms with E-state index in [9.17, 15) is 18.3 Å². The van der Waals surface area contributed by atoms with Crippen molar-refractivity contribution in [2.75, 3.05) is 6.54 Å². The number of pyridine rings is 1. The number of benzene rings is 1. The number of nitrogens with zero attached hydrogens (tertiary/aromatic N) is 3. The summed E-state index contributed by atoms with van der Waals surface area (Å²) in [4.78, 5) is 19.1. The quantitative estimate of drug-likeness (QED) is 0.643. The van der Waals surface area contributed by atoms with Crippen molar-refractivity contribution in [1.29, 1.82) is 0 Å². The van der Waals surface area contributed by atoms with Gasteiger partial charge in [-0.3, -0.25) is 9.78 Å². The number of nitrogens with one attached hydrogen (secondary N) is 1. The topological polar surface area (TPSA) is 107 Å². The van der Waals surface area contributed by atoms with Gasteiger partial charge < -0.3 is 10.1 Å². The molecule has 0 spiro atoms. The van der Waals surface area contributed by atoms with Crippen molar-refractivity contribution in [3.63, 3.8) is 0 Å². The third-order valence-electron chi connectivity index (χ3n) is 5.30. The third-order valence-corrected chi connectivity index (χ3v) is 7.31. The highest BCUT2D eigenvalue weighted by Gasteiger charge is 2.38. The summed E-state index contributed by atoms with van der Waals surface area (Å²) in [6.45, 7) is 1.74. The van der Waals surface area contributed by atoms with E-state index in [2.05, 4.69) is 9.97 Å². The van der Waals surface area contributed by atoms with Crippen LogP contribution in [0.5, 0.6) is 0 Å². The normalized spacial score (nSPS) is 16.1. The SMILES string of the molecule is CC(C(=O)O)N(Cc1ccccn1)S(=O)(=O)N1CCc2c([nH]c3ccccc23)C1. The maximum atomic E-state index is 13.4.